The topological polar surface area (TPSA) is 52.7 Å². The minimum absolute atomic E-state index is 0.135. The van der Waals surface area contributed by atoms with Crippen molar-refractivity contribution in [3.8, 4) is 0 Å². The van der Waals surface area contributed by atoms with E-state index in [9.17, 15) is 9.59 Å². The Labute approximate surface area is 114 Å². The normalized spacial score (nSPS) is 26.6. The number of carbonyl (C=O) groups excluding carboxylic acids is 2. The molecule has 1 N–H and O–H groups in total. The van der Waals surface area contributed by atoms with Gasteiger partial charge in [-0.15, -0.1) is 0 Å². The molecule has 3 fully saturated rings. The Balaban J connectivity index is 1.54. The van der Waals surface area contributed by atoms with Gasteiger partial charge in [0.1, 0.15) is 0 Å². The SMILES string of the molecule is O=C1CC2(CCN(C(=O)N3CCCCC3)CC2)CN1. The lowest BCUT2D eigenvalue weighted by Crippen LogP contribution is -2.50. The largest absolute Gasteiger partial charge is 0.356 e. The summed E-state index contributed by atoms with van der Waals surface area (Å²) in [5.41, 5.74) is 0.135. The van der Waals surface area contributed by atoms with E-state index >= 15 is 0 Å². The lowest BCUT2D eigenvalue weighted by molar-refractivity contribution is -0.119. The van der Waals surface area contributed by atoms with Crippen molar-refractivity contribution in [2.45, 2.75) is 38.5 Å². The highest BCUT2D eigenvalue weighted by Crippen LogP contribution is 2.37. The molecule has 3 saturated heterocycles. The molecule has 0 aromatic carbocycles. The van der Waals surface area contributed by atoms with E-state index in [2.05, 4.69) is 5.32 Å². The standard InChI is InChI=1S/C14H23N3O2/c18-12-10-14(11-15-12)4-8-17(9-5-14)13(19)16-6-2-1-3-7-16/h1-11H2,(H,15,18). The van der Waals surface area contributed by atoms with Gasteiger partial charge in [0.15, 0.2) is 0 Å². The van der Waals surface area contributed by atoms with Gasteiger partial charge in [-0.05, 0) is 37.5 Å². The molecule has 0 saturated carbocycles. The van der Waals surface area contributed by atoms with Gasteiger partial charge in [-0.1, -0.05) is 0 Å². The van der Waals surface area contributed by atoms with Crippen molar-refractivity contribution >= 4 is 11.9 Å². The van der Waals surface area contributed by atoms with Crippen molar-refractivity contribution in [3.05, 3.63) is 0 Å². The van der Waals surface area contributed by atoms with Gasteiger partial charge in [0.05, 0.1) is 0 Å². The first kappa shape index (κ1) is 12.8. The summed E-state index contributed by atoms with van der Waals surface area (Å²) in [6.45, 7) is 4.26. The van der Waals surface area contributed by atoms with Crippen LogP contribution in [0.3, 0.4) is 0 Å². The molecule has 106 valence electrons. The zero-order valence-electron chi connectivity index (χ0n) is 11.5. The van der Waals surface area contributed by atoms with Crippen molar-refractivity contribution in [2.24, 2.45) is 5.41 Å². The average Bonchev–Trinajstić information content (AvgIpc) is 2.81. The third-order valence-electron chi connectivity index (χ3n) is 4.92. The predicted molar refractivity (Wildman–Crippen MR) is 71.7 cm³/mol. The number of piperidine rings is 2. The van der Waals surface area contributed by atoms with Gasteiger partial charge >= 0.3 is 6.03 Å². The highest BCUT2D eigenvalue weighted by Gasteiger charge is 2.42. The van der Waals surface area contributed by atoms with Gasteiger partial charge in [0, 0.05) is 39.1 Å². The first-order valence-electron chi connectivity index (χ1n) is 7.49. The molecular formula is C14H23N3O2. The molecule has 0 bridgehead atoms. The van der Waals surface area contributed by atoms with Crippen molar-refractivity contribution in [1.29, 1.82) is 0 Å². The van der Waals surface area contributed by atoms with Gasteiger partial charge in [-0.3, -0.25) is 4.79 Å². The monoisotopic (exact) mass is 265 g/mol. The van der Waals surface area contributed by atoms with Gasteiger partial charge in [-0.2, -0.15) is 0 Å². The smallest absolute Gasteiger partial charge is 0.319 e. The zero-order chi connectivity index (χ0) is 13.3. The number of likely N-dealkylation sites (tertiary alicyclic amines) is 2. The maximum atomic E-state index is 12.4. The number of rotatable bonds is 0. The molecule has 3 rings (SSSR count). The third kappa shape index (κ3) is 2.55. The molecule has 3 heterocycles. The summed E-state index contributed by atoms with van der Waals surface area (Å²) in [7, 11) is 0. The summed E-state index contributed by atoms with van der Waals surface area (Å²) in [5, 5.41) is 2.93. The second kappa shape index (κ2) is 5.02. The van der Waals surface area contributed by atoms with Gasteiger partial charge in [-0.25, -0.2) is 4.79 Å². The Morgan fingerprint density at radius 1 is 1.00 bits per heavy atom. The van der Waals surface area contributed by atoms with Crippen LogP contribution in [-0.2, 0) is 4.79 Å². The summed E-state index contributed by atoms with van der Waals surface area (Å²) < 4.78 is 0. The van der Waals surface area contributed by atoms with Crippen LogP contribution in [0.5, 0.6) is 0 Å². The van der Waals surface area contributed by atoms with E-state index in [1.54, 1.807) is 0 Å². The highest BCUT2D eigenvalue weighted by atomic mass is 16.2. The predicted octanol–water partition coefficient (Wildman–Crippen LogP) is 1.19. The van der Waals surface area contributed by atoms with E-state index < -0.39 is 0 Å². The number of urea groups is 1. The summed E-state index contributed by atoms with van der Waals surface area (Å²) in [4.78, 5) is 27.8. The quantitative estimate of drug-likeness (QED) is 0.715. The number of amides is 3. The fourth-order valence-corrected chi connectivity index (χ4v) is 3.56. The van der Waals surface area contributed by atoms with E-state index in [1.165, 1.54) is 6.42 Å². The maximum Gasteiger partial charge on any atom is 0.319 e. The van der Waals surface area contributed by atoms with E-state index in [0.717, 1.165) is 58.4 Å². The fourth-order valence-electron chi connectivity index (χ4n) is 3.56. The maximum absolute atomic E-state index is 12.4. The van der Waals surface area contributed by atoms with Crippen LogP contribution < -0.4 is 5.32 Å². The van der Waals surface area contributed by atoms with E-state index in [1.807, 2.05) is 9.80 Å². The molecule has 0 aromatic rings. The number of nitrogens with one attached hydrogen (secondary N) is 1. The van der Waals surface area contributed by atoms with Gasteiger partial charge in [0.25, 0.3) is 0 Å². The summed E-state index contributed by atoms with van der Waals surface area (Å²) in [6, 6.07) is 0.215. The molecule has 1 spiro atoms. The molecule has 5 nitrogen and oxygen atoms in total. The Morgan fingerprint density at radius 3 is 2.21 bits per heavy atom. The van der Waals surface area contributed by atoms with Crippen molar-refractivity contribution in [2.75, 3.05) is 32.7 Å². The zero-order valence-corrected chi connectivity index (χ0v) is 11.5. The first-order chi connectivity index (χ1) is 9.19. The van der Waals surface area contributed by atoms with Gasteiger partial charge < -0.3 is 15.1 Å². The molecule has 0 atom stereocenters. The Bertz CT molecular complexity index is 369. The van der Waals surface area contributed by atoms with Crippen LogP contribution in [-0.4, -0.2) is 54.5 Å². The molecule has 0 unspecified atom stereocenters. The molecule has 3 amide bonds. The van der Waals surface area contributed by atoms with Crippen LogP contribution in [0.1, 0.15) is 38.5 Å². The molecule has 3 aliphatic heterocycles. The third-order valence-corrected chi connectivity index (χ3v) is 4.92. The van der Waals surface area contributed by atoms with E-state index in [0.29, 0.717) is 6.42 Å². The molecule has 5 heteroatoms. The molecule has 0 aromatic heterocycles. The first-order valence-corrected chi connectivity index (χ1v) is 7.49. The molecular weight excluding hydrogens is 242 g/mol. The van der Waals surface area contributed by atoms with Crippen LogP contribution in [0.4, 0.5) is 4.79 Å². The molecule has 19 heavy (non-hydrogen) atoms. The Kier molecular flexibility index (Phi) is 3.37. The lowest BCUT2D eigenvalue weighted by atomic mass is 9.78. The van der Waals surface area contributed by atoms with E-state index in [4.69, 9.17) is 0 Å². The number of carbonyl (C=O) groups is 2. The number of nitrogens with zero attached hydrogens (tertiary/aromatic N) is 2. The lowest BCUT2D eigenvalue weighted by Gasteiger charge is -2.40. The van der Waals surface area contributed by atoms with Crippen molar-refractivity contribution in [1.82, 2.24) is 15.1 Å². The summed E-state index contributed by atoms with van der Waals surface area (Å²) in [5.74, 6) is 0.177. The summed E-state index contributed by atoms with van der Waals surface area (Å²) in [6.07, 6.45) is 6.11. The Hall–Kier alpha value is -1.26. The Morgan fingerprint density at radius 2 is 1.63 bits per heavy atom. The van der Waals surface area contributed by atoms with Crippen LogP contribution in [0.25, 0.3) is 0 Å². The minimum Gasteiger partial charge on any atom is -0.356 e. The molecule has 3 aliphatic rings. The second-order valence-electron chi connectivity index (χ2n) is 6.27. The van der Waals surface area contributed by atoms with Crippen molar-refractivity contribution < 1.29 is 9.59 Å². The summed E-state index contributed by atoms with van der Waals surface area (Å²) >= 11 is 0. The van der Waals surface area contributed by atoms with Crippen LogP contribution in [0, 0.1) is 5.41 Å². The molecule has 0 radical (unpaired) electrons. The second-order valence-corrected chi connectivity index (χ2v) is 6.27. The van der Waals surface area contributed by atoms with Crippen LogP contribution >= 0.6 is 0 Å². The fraction of sp³-hybridized carbons (Fsp3) is 0.857. The van der Waals surface area contributed by atoms with Gasteiger partial charge in [0.2, 0.25) is 5.91 Å². The number of hydrogen-bond donors (Lipinski definition) is 1. The minimum atomic E-state index is 0.135. The van der Waals surface area contributed by atoms with Crippen LogP contribution in [0.2, 0.25) is 0 Å². The van der Waals surface area contributed by atoms with E-state index in [-0.39, 0.29) is 17.4 Å². The average molecular weight is 265 g/mol. The van der Waals surface area contributed by atoms with Crippen molar-refractivity contribution in [3.63, 3.8) is 0 Å². The highest BCUT2D eigenvalue weighted by molar-refractivity contribution is 5.79. The number of hydrogen-bond acceptors (Lipinski definition) is 2. The molecule has 0 aliphatic carbocycles. The van der Waals surface area contributed by atoms with Crippen LogP contribution in [0.15, 0.2) is 0 Å².